The van der Waals surface area contributed by atoms with Crippen molar-refractivity contribution >= 4 is 23.5 Å². The largest absolute Gasteiger partial charge is 0.372 e. The smallest absolute Gasteiger partial charge is 0.304 e. The fourth-order valence-corrected chi connectivity index (χ4v) is 3.53. The van der Waals surface area contributed by atoms with E-state index in [1.807, 2.05) is 18.2 Å². The maximum absolute atomic E-state index is 13.8. The second kappa shape index (κ2) is 10.5. The van der Waals surface area contributed by atoms with Gasteiger partial charge in [0.15, 0.2) is 0 Å². The second-order valence-electron chi connectivity index (χ2n) is 7.46. The molecule has 0 N–H and O–H groups in total. The molecule has 0 unspecified atom stereocenters. The molecule has 3 rings (SSSR count). The van der Waals surface area contributed by atoms with Gasteiger partial charge in [0.1, 0.15) is 0 Å². The Morgan fingerprint density at radius 2 is 1.35 bits per heavy atom. The third kappa shape index (κ3) is 5.79. The van der Waals surface area contributed by atoms with E-state index in [0.717, 1.165) is 42.6 Å². The topological polar surface area (TPSA) is 46.4 Å². The van der Waals surface area contributed by atoms with E-state index in [4.69, 9.17) is 0 Å². The maximum Gasteiger partial charge on any atom is 0.304 e. The highest BCUT2D eigenvalue weighted by atomic mass is 19.1. The molecule has 3 aromatic carbocycles. The summed E-state index contributed by atoms with van der Waals surface area (Å²) in [5.74, 6) is -0.831. The number of halogens is 1. The van der Waals surface area contributed by atoms with Gasteiger partial charge in [-0.15, -0.1) is 0 Å². The van der Waals surface area contributed by atoms with Gasteiger partial charge >= 0.3 is 5.69 Å². The highest BCUT2D eigenvalue weighted by Gasteiger charge is 2.12. The van der Waals surface area contributed by atoms with E-state index in [1.165, 1.54) is 23.9 Å². The molecule has 0 aromatic heterocycles. The summed E-state index contributed by atoms with van der Waals surface area (Å²) in [6.07, 6.45) is 5.86. The predicted octanol–water partition coefficient (Wildman–Crippen LogP) is 7.20. The lowest BCUT2D eigenvalue weighted by Gasteiger charge is -2.24. The molecule has 0 heterocycles. The van der Waals surface area contributed by atoms with Gasteiger partial charge < -0.3 is 4.90 Å². The van der Waals surface area contributed by atoms with Gasteiger partial charge in [0.05, 0.1) is 4.92 Å². The van der Waals surface area contributed by atoms with Crippen LogP contribution >= 0.6 is 0 Å². The van der Waals surface area contributed by atoms with Crippen LogP contribution < -0.4 is 4.90 Å². The number of rotatable bonds is 9. The number of anilines is 1. The van der Waals surface area contributed by atoms with E-state index in [-0.39, 0.29) is 0 Å². The number of nitro benzene ring substituents is 1. The highest BCUT2D eigenvalue weighted by Crippen LogP contribution is 2.25. The molecule has 160 valence electrons. The number of hydrogen-bond acceptors (Lipinski definition) is 3. The standard InChI is InChI=1S/C26H27FN2O2/c1-3-17-28(18-4-2)24-14-12-23(13-15-24)22-10-7-20(8-11-22)5-6-21-9-16-26(29(30)31)25(27)19-21/h5-16,19H,3-4,17-18H2,1-2H3. The van der Waals surface area contributed by atoms with Crippen molar-refractivity contribution in [2.24, 2.45) is 0 Å². The third-order valence-corrected chi connectivity index (χ3v) is 5.10. The summed E-state index contributed by atoms with van der Waals surface area (Å²) >= 11 is 0. The Kier molecular flexibility index (Phi) is 7.55. The summed E-state index contributed by atoms with van der Waals surface area (Å²) in [5, 5.41) is 10.7. The molecule has 0 bridgehead atoms. The van der Waals surface area contributed by atoms with Gasteiger partial charge in [-0.2, -0.15) is 4.39 Å². The number of benzene rings is 3. The van der Waals surface area contributed by atoms with Gasteiger partial charge in [-0.1, -0.05) is 62.4 Å². The lowest BCUT2D eigenvalue weighted by Crippen LogP contribution is -2.24. The zero-order valence-electron chi connectivity index (χ0n) is 17.9. The molecule has 0 spiro atoms. The van der Waals surface area contributed by atoms with E-state index in [9.17, 15) is 14.5 Å². The van der Waals surface area contributed by atoms with E-state index < -0.39 is 16.4 Å². The highest BCUT2D eigenvalue weighted by molar-refractivity contribution is 5.73. The predicted molar refractivity (Wildman–Crippen MR) is 127 cm³/mol. The Morgan fingerprint density at radius 1 is 0.839 bits per heavy atom. The molecule has 4 nitrogen and oxygen atoms in total. The number of nitrogens with zero attached hydrogens (tertiary/aromatic N) is 2. The van der Waals surface area contributed by atoms with Crippen LogP contribution in [0.4, 0.5) is 15.8 Å². The third-order valence-electron chi connectivity index (χ3n) is 5.10. The van der Waals surface area contributed by atoms with E-state index in [1.54, 1.807) is 6.08 Å². The SMILES string of the molecule is CCCN(CCC)c1ccc(-c2ccc(C=Cc3ccc([N+](=O)[O-])c(F)c3)cc2)cc1. The van der Waals surface area contributed by atoms with Crippen LogP contribution in [0.5, 0.6) is 0 Å². The molecule has 0 atom stereocenters. The normalized spacial score (nSPS) is 11.1. The van der Waals surface area contributed by atoms with Gasteiger partial charge in [0, 0.05) is 24.8 Å². The van der Waals surface area contributed by atoms with Crippen LogP contribution in [0, 0.1) is 15.9 Å². The Balaban J connectivity index is 1.70. The first-order valence-electron chi connectivity index (χ1n) is 10.6. The van der Waals surface area contributed by atoms with Gasteiger partial charge in [-0.3, -0.25) is 10.1 Å². The van der Waals surface area contributed by atoms with Crippen molar-refractivity contribution in [3.05, 3.63) is 93.8 Å². The summed E-state index contributed by atoms with van der Waals surface area (Å²) in [6, 6.07) is 20.7. The molecule has 0 fully saturated rings. The van der Waals surface area contributed by atoms with Crippen molar-refractivity contribution in [3.8, 4) is 11.1 Å². The fourth-order valence-electron chi connectivity index (χ4n) is 3.53. The maximum atomic E-state index is 13.8. The Hall–Kier alpha value is -3.47. The van der Waals surface area contributed by atoms with Gasteiger partial charge in [0.2, 0.25) is 5.82 Å². The van der Waals surface area contributed by atoms with E-state index in [0.29, 0.717) is 5.56 Å². The first-order valence-corrected chi connectivity index (χ1v) is 10.6. The first-order chi connectivity index (χ1) is 15.0. The van der Waals surface area contributed by atoms with E-state index in [2.05, 4.69) is 55.1 Å². The average molecular weight is 419 g/mol. The van der Waals surface area contributed by atoms with Crippen LogP contribution in [0.2, 0.25) is 0 Å². The van der Waals surface area contributed by atoms with Crippen LogP contribution in [0.1, 0.15) is 37.8 Å². The summed E-state index contributed by atoms with van der Waals surface area (Å²) in [4.78, 5) is 12.4. The Labute approximate surface area is 182 Å². The molecule has 0 aliphatic heterocycles. The van der Waals surface area contributed by atoms with Crippen LogP contribution in [-0.2, 0) is 0 Å². The zero-order chi connectivity index (χ0) is 22.2. The fraction of sp³-hybridized carbons (Fsp3) is 0.231. The molecule has 0 amide bonds. The minimum absolute atomic E-state index is 0.514. The van der Waals surface area contributed by atoms with Crippen LogP contribution in [-0.4, -0.2) is 18.0 Å². The molecular weight excluding hydrogens is 391 g/mol. The second-order valence-corrected chi connectivity index (χ2v) is 7.46. The quantitative estimate of drug-likeness (QED) is 0.210. The monoisotopic (exact) mass is 418 g/mol. The van der Waals surface area contributed by atoms with Crippen molar-refractivity contribution < 1.29 is 9.31 Å². The van der Waals surface area contributed by atoms with Crippen LogP contribution in [0.15, 0.2) is 66.7 Å². The minimum Gasteiger partial charge on any atom is -0.372 e. The van der Waals surface area contributed by atoms with Crippen LogP contribution in [0.25, 0.3) is 23.3 Å². The molecule has 3 aromatic rings. The molecule has 0 aliphatic rings. The van der Waals surface area contributed by atoms with Crippen molar-refractivity contribution in [1.82, 2.24) is 0 Å². The Morgan fingerprint density at radius 3 is 1.87 bits per heavy atom. The summed E-state index contributed by atoms with van der Waals surface area (Å²) < 4.78 is 13.8. The van der Waals surface area contributed by atoms with E-state index >= 15 is 0 Å². The molecule has 0 saturated carbocycles. The zero-order valence-corrected chi connectivity index (χ0v) is 17.9. The van der Waals surface area contributed by atoms with Crippen molar-refractivity contribution in [2.75, 3.05) is 18.0 Å². The molecule has 31 heavy (non-hydrogen) atoms. The van der Waals surface area contributed by atoms with Crippen molar-refractivity contribution in [2.45, 2.75) is 26.7 Å². The summed E-state index contributed by atoms with van der Waals surface area (Å²) in [7, 11) is 0. The van der Waals surface area contributed by atoms with Gasteiger partial charge in [-0.05, 0) is 59.4 Å². The first kappa shape index (κ1) is 22.2. The summed E-state index contributed by atoms with van der Waals surface area (Å²) in [5.41, 5.74) is 4.57. The summed E-state index contributed by atoms with van der Waals surface area (Å²) in [6.45, 7) is 6.52. The minimum atomic E-state index is -0.831. The number of nitro groups is 1. The average Bonchev–Trinajstić information content (AvgIpc) is 2.78. The van der Waals surface area contributed by atoms with Crippen molar-refractivity contribution in [1.29, 1.82) is 0 Å². The lowest BCUT2D eigenvalue weighted by molar-refractivity contribution is -0.387. The van der Waals surface area contributed by atoms with Crippen molar-refractivity contribution in [3.63, 3.8) is 0 Å². The lowest BCUT2D eigenvalue weighted by atomic mass is 10.0. The Bertz CT molecular complexity index is 1040. The molecule has 0 saturated heterocycles. The molecule has 0 aliphatic carbocycles. The molecule has 5 heteroatoms. The molecular formula is C26H27FN2O2. The molecule has 0 radical (unpaired) electrons. The van der Waals surface area contributed by atoms with Gasteiger partial charge in [0.25, 0.3) is 0 Å². The number of hydrogen-bond donors (Lipinski definition) is 0. The van der Waals surface area contributed by atoms with Crippen LogP contribution in [0.3, 0.4) is 0 Å². The van der Waals surface area contributed by atoms with Gasteiger partial charge in [-0.25, -0.2) is 0 Å².